The van der Waals surface area contributed by atoms with Crippen LogP contribution in [0, 0.1) is 0 Å². The molecule has 0 amide bonds. The molecule has 0 radical (unpaired) electrons. The van der Waals surface area contributed by atoms with E-state index >= 15 is 0 Å². The second kappa shape index (κ2) is 5.46. The smallest absolute Gasteiger partial charge is 0.335 e. The number of fused-ring (bicyclic) bond motifs is 1. The topological polar surface area (TPSA) is 68.7 Å². The Kier molecular flexibility index (Phi) is 3.52. The number of ether oxygens (including phenoxy) is 2. The van der Waals surface area contributed by atoms with Crippen LogP contribution < -0.4 is 4.74 Å². The van der Waals surface area contributed by atoms with Crippen LogP contribution in [0.2, 0.25) is 0 Å². The zero-order valence-electron chi connectivity index (χ0n) is 10.9. The van der Waals surface area contributed by atoms with Gasteiger partial charge in [-0.3, -0.25) is 0 Å². The van der Waals surface area contributed by atoms with E-state index < -0.39 is 5.97 Å². The normalized spacial score (nSPS) is 18.3. The molecule has 104 valence electrons. The molecule has 3 rings (SSSR count). The van der Waals surface area contributed by atoms with Crippen molar-refractivity contribution in [1.82, 2.24) is 4.98 Å². The molecule has 1 atom stereocenters. The lowest BCUT2D eigenvalue weighted by Gasteiger charge is -2.12. The Balaban J connectivity index is 1.88. The number of aromatic nitrogens is 1. The number of aromatic carboxylic acids is 1. The minimum Gasteiger partial charge on any atom is -0.478 e. The van der Waals surface area contributed by atoms with Gasteiger partial charge >= 0.3 is 5.97 Å². The molecule has 0 aliphatic carbocycles. The maximum absolute atomic E-state index is 11.0. The van der Waals surface area contributed by atoms with E-state index in [0.29, 0.717) is 17.9 Å². The largest absolute Gasteiger partial charge is 0.478 e. The molecule has 1 N–H and O–H groups in total. The lowest BCUT2D eigenvalue weighted by atomic mass is 10.1. The Bertz CT molecular complexity index is 635. The van der Waals surface area contributed by atoms with Crippen LogP contribution in [0.25, 0.3) is 10.8 Å². The average molecular weight is 273 g/mol. The van der Waals surface area contributed by atoms with Crippen LogP contribution in [-0.2, 0) is 4.74 Å². The quantitative estimate of drug-likeness (QED) is 0.926. The molecule has 20 heavy (non-hydrogen) atoms. The molecular formula is C15H15NO4. The Hall–Kier alpha value is -2.14. The lowest BCUT2D eigenvalue weighted by molar-refractivity contribution is 0.0668. The van der Waals surface area contributed by atoms with Gasteiger partial charge in [-0.1, -0.05) is 6.07 Å². The van der Waals surface area contributed by atoms with E-state index in [1.54, 1.807) is 24.4 Å². The van der Waals surface area contributed by atoms with Gasteiger partial charge in [-0.2, -0.15) is 0 Å². The molecule has 1 aromatic carbocycles. The number of hydrogen-bond donors (Lipinski definition) is 1. The first-order valence-corrected chi connectivity index (χ1v) is 6.60. The van der Waals surface area contributed by atoms with Gasteiger partial charge in [0.15, 0.2) is 0 Å². The standard InChI is InChI=1S/C15H15NO4/c17-15(18)11-4-3-10-5-6-16-14(13(10)8-11)20-9-12-2-1-7-19-12/h3-6,8,12H,1-2,7,9H2,(H,17,18). The van der Waals surface area contributed by atoms with E-state index in [1.165, 1.54) is 0 Å². The molecule has 1 saturated heterocycles. The minimum absolute atomic E-state index is 0.106. The summed E-state index contributed by atoms with van der Waals surface area (Å²) in [5.74, 6) is -0.498. The van der Waals surface area contributed by atoms with Crippen LogP contribution in [0.3, 0.4) is 0 Å². The number of rotatable bonds is 4. The molecule has 2 aromatic rings. The van der Waals surface area contributed by atoms with E-state index in [2.05, 4.69) is 4.98 Å². The van der Waals surface area contributed by atoms with Crippen LogP contribution in [0.15, 0.2) is 30.5 Å². The number of carbonyl (C=O) groups is 1. The maximum Gasteiger partial charge on any atom is 0.335 e. The number of hydrogen-bond acceptors (Lipinski definition) is 4. The van der Waals surface area contributed by atoms with E-state index in [-0.39, 0.29) is 11.7 Å². The molecule has 5 heteroatoms. The number of carboxylic acid groups (broad SMARTS) is 1. The zero-order chi connectivity index (χ0) is 13.9. The molecule has 1 aliphatic rings. The highest BCUT2D eigenvalue weighted by Gasteiger charge is 2.17. The molecule has 1 fully saturated rings. The summed E-state index contributed by atoms with van der Waals surface area (Å²) in [6.45, 7) is 1.23. The fourth-order valence-corrected chi connectivity index (χ4v) is 2.34. The average Bonchev–Trinajstić information content (AvgIpc) is 2.97. The van der Waals surface area contributed by atoms with E-state index in [4.69, 9.17) is 14.6 Å². The van der Waals surface area contributed by atoms with Crippen molar-refractivity contribution in [2.45, 2.75) is 18.9 Å². The van der Waals surface area contributed by atoms with E-state index in [1.807, 2.05) is 6.07 Å². The second-order valence-electron chi connectivity index (χ2n) is 4.80. The number of nitrogens with zero attached hydrogens (tertiary/aromatic N) is 1. The fraction of sp³-hybridized carbons (Fsp3) is 0.333. The van der Waals surface area contributed by atoms with Crippen LogP contribution in [0.1, 0.15) is 23.2 Å². The lowest BCUT2D eigenvalue weighted by Crippen LogP contribution is -2.16. The van der Waals surface area contributed by atoms with Crippen molar-refractivity contribution in [3.8, 4) is 5.88 Å². The number of carboxylic acids is 1. The number of benzene rings is 1. The Morgan fingerprint density at radius 1 is 1.45 bits per heavy atom. The molecule has 2 heterocycles. The van der Waals surface area contributed by atoms with Crippen LogP contribution >= 0.6 is 0 Å². The molecule has 0 bridgehead atoms. The van der Waals surface area contributed by atoms with E-state index in [0.717, 1.165) is 24.8 Å². The summed E-state index contributed by atoms with van der Waals surface area (Å²) in [6, 6.07) is 6.77. The third-order valence-electron chi connectivity index (χ3n) is 3.41. The maximum atomic E-state index is 11.0. The van der Waals surface area contributed by atoms with Gasteiger partial charge in [0.2, 0.25) is 5.88 Å². The zero-order valence-corrected chi connectivity index (χ0v) is 10.9. The van der Waals surface area contributed by atoms with Crippen molar-refractivity contribution in [2.24, 2.45) is 0 Å². The molecule has 0 spiro atoms. The predicted molar refractivity (Wildman–Crippen MR) is 73.2 cm³/mol. The van der Waals surface area contributed by atoms with Crippen LogP contribution in [-0.4, -0.2) is 35.4 Å². The van der Waals surface area contributed by atoms with E-state index in [9.17, 15) is 4.79 Å². The van der Waals surface area contributed by atoms with Gasteiger partial charge in [0.05, 0.1) is 11.7 Å². The van der Waals surface area contributed by atoms with Gasteiger partial charge < -0.3 is 14.6 Å². The number of pyridine rings is 1. The summed E-state index contributed by atoms with van der Waals surface area (Å²) in [6.07, 6.45) is 3.81. The van der Waals surface area contributed by atoms with Gasteiger partial charge in [-0.15, -0.1) is 0 Å². The third-order valence-corrected chi connectivity index (χ3v) is 3.41. The Morgan fingerprint density at radius 3 is 3.10 bits per heavy atom. The van der Waals surface area contributed by atoms with Gasteiger partial charge in [-0.05, 0) is 36.4 Å². The molecule has 1 unspecified atom stereocenters. The highest BCUT2D eigenvalue weighted by Crippen LogP contribution is 2.25. The van der Waals surface area contributed by atoms with Gasteiger partial charge in [0.1, 0.15) is 6.61 Å². The highest BCUT2D eigenvalue weighted by molar-refractivity contribution is 5.96. The SMILES string of the molecule is O=C(O)c1ccc2ccnc(OCC3CCCO3)c2c1. The van der Waals surface area contributed by atoms with Crippen molar-refractivity contribution < 1.29 is 19.4 Å². The molecule has 0 saturated carbocycles. The first kappa shape index (κ1) is 12.9. The Labute approximate surface area is 116 Å². The first-order valence-electron chi connectivity index (χ1n) is 6.60. The van der Waals surface area contributed by atoms with Crippen molar-refractivity contribution in [3.05, 3.63) is 36.0 Å². The summed E-state index contributed by atoms with van der Waals surface area (Å²) >= 11 is 0. The second-order valence-corrected chi connectivity index (χ2v) is 4.80. The van der Waals surface area contributed by atoms with Crippen LogP contribution in [0.5, 0.6) is 5.88 Å². The fourth-order valence-electron chi connectivity index (χ4n) is 2.34. The summed E-state index contributed by atoms with van der Waals surface area (Å²) < 4.78 is 11.2. The van der Waals surface area contributed by atoms with Gasteiger partial charge in [0, 0.05) is 18.2 Å². The Morgan fingerprint density at radius 2 is 2.35 bits per heavy atom. The summed E-state index contributed by atoms with van der Waals surface area (Å²) in [5.41, 5.74) is 0.229. The van der Waals surface area contributed by atoms with Crippen molar-refractivity contribution in [3.63, 3.8) is 0 Å². The summed E-state index contributed by atoms with van der Waals surface area (Å²) in [7, 11) is 0. The highest BCUT2D eigenvalue weighted by atomic mass is 16.5. The van der Waals surface area contributed by atoms with Gasteiger partial charge in [0.25, 0.3) is 0 Å². The van der Waals surface area contributed by atoms with Crippen molar-refractivity contribution >= 4 is 16.7 Å². The summed E-state index contributed by atoms with van der Waals surface area (Å²) in [5, 5.41) is 10.7. The molecule has 5 nitrogen and oxygen atoms in total. The minimum atomic E-state index is -0.958. The first-order chi connectivity index (χ1) is 9.74. The molecular weight excluding hydrogens is 258 g/mol. The third kappa shape index (κ3) is 2.58. The van der Waals surface area contributed by atoms with Crippen molar-refractivity contribution in [1.29, 1.82) is 0 Å². The monoisotopic (exact) mass is 273 g/mol. The van der Waals surface area contributed by atoms with Crippen molar-refractivity contribution in [2.75, 3.05) is 13.2 Å². The predicted octanol–water partition coefficient (Wildman–Crippen LogP) is 2.49. The van der Waals surface area contributed by atoms with Crippen LogP contribution in [0.4, 0.5) is 0 Å². The molecule has 1 aliphatic heterocycles. The summed E-state index contributed by atoms with van der Waals surface area (Å²) in [4.78, 5) is 15.2. The molecule has 1 aromatic heterocycles. The van der Waals surface area contributed by atoms with Gasteiger partial charge in [-0.25, -0.2) is 9.78 Å².